The van der Waals surface area contributed by atoms with Gasteiger partial charge in [0.05, 0.1) is 11.6 Å². The van der Waals surface area contributed by atoms with Gasteiger partial charge in [-0.2, -0.15) is 5.26 Å². The Morgan fingerprint density at radius 1 is 1.23 bits per heavy atom. The van der Waals surface area contributed by atoms with E-state index in [-0.39, 0.29) is 18.6 Å². The lowest BCUT2D eigenvalue weighted by atomic mass is 10.2. The summed E-state index contributed by atoms with van der Waals surface area (Å²) < 4.78 is 4.83. The van der Waals surface area contributed by atoms with Crippen LogP contribution in [0.5, 0.6) is 0 Å². The molecule has 2 amide bonds. The number of esters is 1. The van der Waals surface area contributed by atoms with Gasteiger partial charge in [0.2, 0.25) is 5.91 Å². The first-order valence-corrected chi connectivity index (χ1v) is 6.38. The fraction of sp³-hybridized carbons (Fsp3) is 0.200. The van der Waals surface area contributed by atoms with Gasteiger partial charge in [0.25, 0.3) is 5.91 Å². The van der Waals surface area contributed by atoms with Crippen molar-refractivity contribution in [2.24, 2.45) is 0 Å². The first kappa shape index (κ1) is 16.9. The standard InChI is InChI=1S/C15H15N3O4/c1-2-9-17-14(20)10-22-15(21)11-3-5-12(6-4-11)18-13(19)7-8-16/h2-6H,1,7,9-10H2,(H,17,20)(H,18,19). The van der Waals surface area contributed by atoms with Crippen LogP contribution in [0.2, 0.25) is 0 Å². The Morgan fingerprint density at radius 3 is 2.50 bits per heavy atom. The minimum absolute atomic E-state index is 0.245. The summed E-state index contributed by atoms with van der Waals surface area (Å²) in [6, 6.07) is 7.64. The molecule has 2 N–H and O–H groups in total. The Morgan fingerprint density at radius 2 is 1.91 bits per heavy atom. The predicted octanol–water partition coefficient (Wildman–Crippen LogP) is 0.998. The summed E-state index contributed by atoms with van der Waals surface area (Å²) in [5.41, 5.74) is 0.704. The molecule has 0 fully saturated rings. The molecule has 0 unspecified atom stereocenters. The number of anilines is 1. The second-order valence-electron chi connectivity index (χ2n) is 4.13. The molecule has 0 aliphatic carbocycles. The van der Waals surface area contributed by atoms with E-state index in [0.29, 0.717) is 12.2 Å². The van der Waals surface area contributed by atoms with Crippen LogP contribution in [0.25, 0.3) is 0 Å². The summed E-state index contributed by atoms with van der Waals surface area (Å²) in [7, 11) is 0. The molecular formula is C15H15N3O4. The first-order chi connectivity index (χ1) is 10.6. The molecule has 1 aromatic carbocycles. The van der Waals surface area contributed by atoms with Crippen molar-refractivity contribution in [2.45, 2.75) is 6.42 Å². The van der Waals surface area contributed by atoms with Crippen LogP contribution in [0.4, 0.5) is 5.69 Å². The summed E-state index contributed by atoms with van der Waals surface area (Å²) in [6.45, 7) is 3.36. The molecule has 0 radical (unpaired) electrons. The summed E-state index contributed by atoms with van der Waals surface area (Å²) in [4.78, 5) is 34.2. The van der Waals surface area contributed by atoms with Crippen LogP contribution in [-0.2, 0) is 14.3 Å². The Kier molecular flexibility index (Phi) is 6.86. The summed E-state index contributed by atoms with van der Waals surface area (Å²) in [5.74, 6) is -1.51. The summed E-state index contributed by atoms with van der Waals surface area (Å²) in [6.07, 6.45) is 1.27. The van der Waals surface area contributed by atoms with Crippen LogP contribution < -0.4 is 10.6 Å². The number of nitriles is 1. The van der Waals surface area contributed by atoms with E-state index < -0.39 is 17.8 Å². The SMILES string of the molecule is C=CCNC(=O)COC(=O)c1ccc(NC(=O)CC#N)cc1. The molecule has 22 heavy (non-hydrogen) atoms. The zero-order valence-electron chi connectivity index (χ0n) is 11.8. The number of hydrogen-bond acceptors (Lipinski definition) is 5. The summed E-state index contributed by atoms with van der Waals surface area (Å²) in [5, 5.41) is 13.3. The third kappa shape index (κ3) is 5.88. The molecule has 114 valence electrons. The van der Waals surface area contributed by atoms with Crippen molar-refractivity contribution in [3.05, 3.63) is 42.5 Å². The highest BCUT2D eigenvalue weighted by Crippen LogP contribution is 2.10. The second-order valence-corrected chi connectivity index (χ2v) is 4.13. The number of ether oxygens (including phenoxy) is 1. The van der Waals surface area contributed by atoms with Gasteiger partial charge in [0, 0.05) is 12.2 Å². The molecule has 1 rings (SSSR count). The van der Waals surface area contributed by atoms with E-state index in [4.69, 9.17) is 10.00 Å². The number of benzene rings is 1. The number of amides is 2. The van der Waals surface area contributed by atoms with E-state index in [2.05, 4.69) is 17.2 Å². The zero-order chi connectivity index (χ0) is 16.4. The van der Waals surface area contributed by atoms with Gasteiger partial charge >= 0.3 is 5.97 Å². The van der Waals surface area contributed by atoms with E-state index in [1.54, 1.807) is 6.07 Å². The van der Waals surface area contributed by atoms with Crippen molar-refractivity contribution in [1.29, 1.82) is 5.26 Å². The van der Waals surface area contributed by atoms with Crippen molar-refractivity contribution < 1.29 is 19.1 Å². The van der Waals surface area contributed by atoms with Gasteiger partial charge < -0.3 is 15.4 Å². The number of nitrogens with zero attached hydrogens (tertiary/aromatic N) is 1. The van der Waals surface area contributed by atoms with Crippen molar-refractivity contribution in [1.82, 2.24) is 5.32 Å². The number of carbonyl (C=O) groups excluding carboxylic acids is 3. The molecule has 0 saturated heterocycles. The zero-order valence-corrected chi connectivity index (χ0v) is 11.8. The average molecular weight is 301 g/mol. The fourth-order valence-electron chi connectivity index (χ4n) is 1.42. The van der Waals surface area contributed by atoms with Gasteiger partial charge in [0.1, 0.15) is 6.42 Å². The highest BCUT2D eigenvalue weighted by Gasteiger charge is 2.10. The normalized spacial score (nSPS) is 9.23. The lowest BCUT2D eigenvalue weighted by molar-refractivity contribution is -0.124. The molecule has 0 bridgehead atoms. The average Bonchev–Trinajstić information content (AvgIpc) is 2.51. The molecule has 1 aromatic rings. The Hall–Kier alpha value is -3.14. The Balaban J connectivity index is 2.50. The van der Waals surface area contributed by atoms with Crippen LogP contribution >= 0.6 is 0 Å². The van der Waals surface area contributed by atoms with Gasteiger partial charge in [-0.05, 0) is 24.3 Å². The van der Waals surface area contributed by atoms with Crippen LogP contribution in [0.15, 0.2) is 36.9 Å². The van der Waals surface area contributed by atoms with Gasteiger partial charge in [-0.15, -0.1) is 6.58 Å². The van der Waals surface area contributed by atoms with Gasteiger partial charge in [-0.25, -0.2) is 4.79 Å². The van der Waals surface area contributed by atoms with Gasteiger partial charge in [-0.3, -0.25) is 9.59 Å². The fourth-order valence-corrected chi connectivity index (χ4v) is 1.42. The van der Waals surface area contributed by atoms with Gasteiger partial charge in [-0.1, -0.05) is 6.08 Å². The molecule has 0 aliphatic heterocycles. The monoisotopic (exact) mass is 301 g/mol. The second kappa shape index (κ2) is 8.92. The highest BCUT2D eigenvalue weighted by atomic mass is 16.5. The topological polar surface area (TPSA) is 108 Å². The van der Waals surface area contributed by atoms with E-state index in [1.807, 2.05) is 0 Å². The quantitative estimate of drug-likeness (QED) is 0.577. The lowest BCUT2D eigenvalue weighted by Gasteiger charge is -2.06. The van der Waals surface area contributed by atoms with Crippen LogP contribution in [-0.4, -0.2) is 30.9 Å². The number of rotatable bonds is 7. The molecular weight excluding hydrogens is 286 g/mol. The molecule has 7 nitrogen and oxygen atoms in total. The molecule has 0 spiro atoms. The molecule has 0 aromatic heterocycles. The predicted molar refractivity (Wildman–Crippen MR) is 78.8 cm³/mol. The van der Waals surface area contributed by atoms with Gasteiger partial charge in [0.15, 0.2) is 6.61 Å². The molecule has 0 atom stereocenters. The third-order valence-electron chi connectivity index (χ3n) is 2.42. The number of hydrogen-bond donors (Lipinski definition) is 2. The molecule has 0 aliphatic rings. The number of nitrogens with one attached hydrogen (secondary N) is 2. The van der Waals surface area contributed by atoms with Crippen molar-refractivity contribution in [3.63, 3.8) is 0 Å². The van der Waals surface area contributed by atoms with Crippen molar-refractivity contribution in [2.75, 3.05) is 18.5 Å². The smallest absolute Gasteiger partial charge is 0.338 e. The third-order valence-corrected chi connectivity index (χ3v) is 2.42. The van der Waals surface area contributed by atoms with Crippen LogP contribution in [0, 0.1) is 11.3 Å². The highest BCUT2D eigenvalue weighted by molar-refractivity contribution is 5.94. The minimum Gasteiger partial charge on any atom is -0.452 e. The van der Waals surface area contributed by atoms with E-state index in [9.17, 15) is 14.4 Å². The van der Waals surface area contributed by atoms with Crippen molar-refractivity contribution >= 4 is 23.5 Å². The number of carbonyl (C=O) groups is 3. The maximum atomic E-state index is 11.7. The molecule has 0 saturated carbocycles. The lowest BCUT2D eigenvalue weighted by Crippen LogP contribution is -2.28. The Bertz CT molecular complexity index is 602. The van der Waals surface area contributed by atoms with Crippen molar-refractivity contribution in [3.8, 4) is 6.07 Å². The van der Waals surface area contributed by atoms with E-state index >= 15 is 0 Å². The first-order valence-electron chi connectivity index (χ1n) is 6.38. The maximum absolute atomic E-state index is 11.7. The van der Waals surface area contributed by atoms with E-state index in [1.165, 1.54) is 30.3 Å². The van der Waals surface area contributed by atoms with E-state index in [0.717, 1.165) is 0 Å². The minimum atomic E-state index is -0.649. The molecule has 7 heteroatoms. The summed E-state index contributed by atoms with van der Waals surface area (Å²) >= 11 is 0. The van der Waals surface area contributed by atoms with Crippen LogP contribution in [0.1, 0.15) is 16.8 Å². The van der Waals surface area contributed by atoms with Crippen LogP contribution in [0.3, 0.4) is 0 Å². The Labute approximate surface area is 127 Å². The molecule has 0 heterocycles. The maximum Gasteiger partial charge on any atom is 0.338 e. The largest absolute Gasteiger partial charge is 0.452 e.